The van der Waals surface area contributed by atoms with Crippen molar-refractivity contribution in [1.29, 1.82) is 0 Å². The van der Waals surface area contributed by atoms with Gasteiger partial charge in [0, 0.05) is 40.5 Å². The van der Waals surface area contributed by atoms with Crippen LogP contribution in [0.5, 0.6) is 0 Å². The summed E-state index contributed by atoms with van der Waals surface area (Å²) < 4.78 is 41.3. The predicted octanol–water partition coefficient (Wildman–Crippen LogP) is 5.54. The van der Waals surface area contributed by atoms with Crippen molar-refractivity contribution in [3.63, 3.8) is 0 Å². The Hall–Kier alpha value is -2.04. The molecule has 0 amide bonds. The van der Waals surface area contributed by atoms with Gasteiger partial charge in [0.05, 0.1) is 30.0 Å². The van der Waals surface area contributed by atoms with Gasteiger partial charge in [0.15, 0.2) is 5.78 Å². The predicted molar refractivity (Wildman–Crippen MR) is 164 cm³/mol. The van der Waals surface area contributed by atoms with E-state index in [0.717, 1.165) is 37.8 Å². The third kappa shape index (κ3) is 4.73. The minimum Gasteiger partial charge on any atom is -0.394 e. The Morgan fingerprint density at radius 1 is 1.07 bits per heavy atom. The maximum absolute atomic E-state index is 14.6. The largest absolute Gasteiger partial charge is 0.416 e. The van der Waals surface area contributed by atoms with E-state index in [0.29, 0.717) is 44.3 Å². The Morgan fingerprint density at radius 2 is 1.76 bits per heavy atom. The second-order valence-electron chi connectivity index (χ2n) is 15.3. The molecule has 1 aromatic rings. The van der Waals surface area contributed by atoms with E-state index < -0.39 is 51.6 Å². The highest BCUT2D eigenvalue weighted by Gasteiger charge is 2.74. The van der Waals surface area contributed by atoms with Crippen molar-refractivity contribution in [2.45, 2.75) is 96.1 Å². The summed E-state index contributed by atoms with van der Waals surface area (Å²) in [5.74, 6) is -0.518. The first-order valence-electron chi connectivity index (χ1n) is 16.7. The lowest BCUT2D eigenvalue weighted by Gasteiger charge is -2.71. The number of carbonyl (C=O) groups excluding carboxylic acids is 1. The molecular weight excluding hydrogens is 583 g/mol. The quantitative estimate of drug-likeness (QED) is 0.211. The molecule has 0 aliphatic heterocycles. The lowest BCUT2D eigenvalue weighted by molar-refractivity contribution is -0.177. The van der Waals surface area contributed by atoms with E-state index in [2.05, 4.69) is 26.0 Å². The lowest BCUT2D eigenvalue weighted by atomic mass is 9.32. The fourth-order valence-corrected chi connectivity index (χ4v) is 10.9. The zero-order valence-corrected chi connectivity index (χ0v) is 26.6. The molecule has 9 heteroatoms. The zero-order valence-electron chi connectivity index (χ0n) is 26.6. The Kier molecular flexibility index (Phi) is 8.05. The molecule has 7 rings (SSSR count). The van der Waals surface area contributed by atoms with E-state index in [9.17, 15) is 38.4 Å². The maximum Gasteiger partial charge on any atom is 0.416 e. The molecule has 3 fully saturated rings. The average Bonchev–Trinajstić information content (AvgIpc) is 3.26. The number of benzene rings is 1. The van der Waals surface area contributed by atoms with Crippen molar-refractivity contribution in [1.82, 2.24) is 4.90 Å². The van der Waals surface area contributed by atoms with Crippen LogP contribution < -0.4 is 0 Å². The number of allylic oxidation sites excluding steroid dienone is 4. The number of ketones is 1. The minimum absolute atomic E-state index is 0.00672. The van der Waals surface area contributed by atoms with E-state index in [-0.39, 0.29) is 36.0 Å². The number of hydrogen-bond acceptors (Lipinski definition) is 6. The summed E-state index contributed by atoms with van der Waals surface area (Å²) in [7, 11) is 0. The van der Waals surface area contributed by atoms with Gasteiger partial charge in [-0.3, -0.25) is 9.69 Å². The van der Waals surface area contributed by atoms with Crippen molar-refractivity contribution in [2.75, 3.05) is 26.2 Å². The molecule has 4 N–H and O–H groups in total. The van der Waals surface area contributed by atoms with Crippen molar-refractivity contribution in [2.24, 2.45) is 33.5 Å². The van der Waals surface area contributed by atoms with Gasteiger partial charge in [-0.05, 0) is 87.3 Å². The fraction of sp³-hybridized carbons (Fsp3) is 0.694. The molecule has 6 aliphatic carbocycles. The van der Waals surface area contributed by atoms with Gasteiger partial charge in [0.2, 0.25) is 0 Å². The maximum atomic E-state index is 14.6. The molecule has 9 atom stereocenters. The van der Waals surface area contributed by atoms with Crippen molar-refractivity contribution >= 4 is 5.78 Å². The van der Waals surface area contributed by atoms with Gasteiger partial charge in [0.1, 0.15) is 0 Å². The van der Waals surface area contributed by atoms with E-state index in [1.807, 2.05) is 17.9 Å². The van der Waals surface area contributed by atoms with Gasteiger partial charge in [-0.15, -0.1) is 0 Å². The second-order valence-corrected chi connectivity index (χ2v) is 15.3. The van der Waals surface area contributed by atoms with Gasteiger partial charge in [-0.25, -0.2) is 0 Å². The Labute approximate surface area is 264 Å². The molecule has 0 aromatic heterocycles. The van der Waals surface area contributed by atoms with Crippen LogP contribution >= 0.6 is 0 Å². The van der Waals surface area contributed by atoms with Gasteiger partial charge >= 0.3 is 6.18 Å². The average molecular weight is 632 g/mol. The van der Waals surface area contributed by atoms with Gasteiger partial charge < -0.3 is 20.4 Å². The molecule has 2 spiro atoms. The van der Waals surface area contributed by atoms with Crippen LogP contribution in [0.25, 0.3) is 0 Å². The highest BCUT2D eigenvalue weighted by molar-refractivity contribution is 6.10. The van der Waals surface area contributed by atoms with Crippen molar-refractivity contribution < 1.29 is 38.4 Å². The standard InChI is InChI=1S/C36H48F3NO5/c1-4-16-40(20-26(43)21-41)22-34(45)13-10-29-32(34,3)12-9-28-31(2)11-8-25(42)18-33(31)14-15-35(28,29)27(19-33)30(44)23-6-5-7-24(17-23)36(37,38)39/h5-7,14-15,17,19,25-26,28-29,41-43,45H,4,8-13,16,18,20-22H2,1-3H3. The van der Waals surface area contributed by atoms with E-state index in [1.165, 1.54) is 12.1 Å². The summed E-state index contributed by atoms with van der Waals surface area (Å²) in [6.45, 7) is 7.27. The van der Waals surface area contributed by atoms with Crippen molar-refractivity contribution in [3.05, 3.63) is 59.2 Å². The summed E-state index contributed by atoms with van der Waals surface area (Å²) in [5.41, 5.74) is -3.68. The number of Topliss-reactive ketones (excluding diaryl/α,β-unsaturated/α-hetero) is 1. The molecule has 45 heavy (non-hydrogen) atoms. The number of hydrogen-bond donors (Lipinski definition) is 4. The fourth-order valence-electron chi connectivity index (χ4n) is 10.9. The SMILES string of the molecule is CCCN(CC(O)CO)CC1(O)CCC2C34C=CC5(C=C3C(=O)c3cccc(C(F)(F)F)c3)CC(O)CCC5(C)C4CCC21C. The number of nitrogens with zero attached hydrogens (tertiary/aromatic N) is 1. The first kappa shape index (κ1) is 32.9. The van der Waals surface area contributed by atoms with Crippen molar-refractivity contribution in [3.8, 4) is 0 Å². The number of aliphatic hydroxyl groups is 4. The molecule has 6 nitrogen and oxygen atoms in total. The normalized spacial score (nSPS) is 41.0. The number of aliphatic hydroxyl groups excluding tert-OH is 3. The Morgan fingerprint density at radius 3 is 2.44 bits per heavy atom. The van der Waals surface area contributed by atoms with E-state index >= 15 is 0 Å². The number of fused-ring (bicyclic) bond motifs is 1. The zero-order chi connectivity index (χ0) is 32.6. The topological polar surface area (TPSA) is 101 Å². The molecule has 6 aliphatic rings. The van der Waals surface area contributed by atoms with Gasteiger partial charge in [0.25, 0.3) is 0 Å². The smallest absolute Gasteiger partial charge is 0.394 e. The minimum atomic E-state index is -4.58. The Bertz CT molecular complexity index is 1390. The Balaban J connectivity index is 1.46. The highest BCUT2D eigenvalue weighted by Crippen LogP contribution is 2.78. The van der Waals surface area contributed by atoms with Crippen LogP contribution in [-0.2, 0) is 6.18 Å². The van der Waals surface area contributed by atoms with Crippen LogP contribution in [0.2, 0.25) is 0 Å². The number of halogens is 3. The summed E-state index contributed by atoms with van der Waals surface area (Å²) in [6, 6.07) is 4.69. The molecule has 9 unspecified atom stereocenters. The molecule has 2 bridgehead atoms. The van der Waals surface area contributed by atoms with Crippen LogP contribution in [0.15, 0.2) is 48.1 Å². The third-order valence-electron chi connectivity index (χ3n) is 13.1. The third-order valence-corrected chi connectivity index (χ3v) is 13.1. The van der Waals surface area contributed by atoms with Crippen LogP contribution in [0.4, 0.5) is 13.2 Å². The highest BCUT2D eigenvalue weighted by atomic mass is 19.4. The monoisotopic (exact) mass is 631 g/mol. The van der Waals surface area contributed by atoms with Crippen LogP contribution in [0, 0.1) is 33.5 Å². The lowest BCUT2D eigenvalue weighted by Crippen LogP contribution is -2.67. The number of carbonyl (C=O) groups is 1. The number of alkyl halides is 3. The summed E-state index contributed by atoms with van der Waals surface area (Å²) >= 11 is 0. The second kappa shape index (κ2) is 11.0. The number of rotatable bonds is 9. The van der Waals surface area contributed by atoms with Crippen LogP contribution in [-0.4, -0.2) is 75.2 Å². The molecule has 1 aromatic carbocycles. The summed E-state index contributed by atoms with van der Waals surface area (Å²) in [4.78, 5) is 16.6. The first-order chi connectivity index (χ1) is 21.1. The molecule has 0 saturated heterocycles. The molecule has 0 radical (unpaired) electrons. The van der Waals surface area contributed by atoms with Gasteiger partial charge in [-0.1, -0.05) is 51.1 Å². The molecule has 3 saturated carbocycles. The molecule has 248 valence electrons. The van der Waals surface area contributed by atoms with E-state index in [4.69, 9.17) is 0 Å². The van der Waals surface area contributed by atoms with Crippen LogP contribution in [0.1, 0.15) is 88.1 Å². The molecule has 0 heterocycles. The van der Waals surface area contributed by atoms with Gasteiger partial charge in [-0.2, -0.15) is 13.2 Å². The first-order valence-corrected chi connectivity index (χ1v) is 16.7. The molecular formula is C36H48F3NO5. The summed E-state index contributed by atoms with van der Waals surface area (Å²) in [6.07, 6.45) is 5.66. The van der Waals surface area contributed by atoms with E-state index in [1.54, 1.807) is 0 Å². The van der Waals surface area contributed by atoms with Crippen LogP contribution in [0.3, 0.4) is 0 Å². The summed E-state index contributed by atoms with van der Waals surface area (Å²) in [5, 5.41) is 43.2.